The van der Waals surface area contributed by atoms with Crippen LogP contribution in [-0.2, 0) is 0 Å². The number of nitrogens with zero attached hydrogens (tertiary/aromatic N) is 1. The minimum atomic E-state index is -0.469. The van der Waals surface area contributed by atoms with Crippen molar-refractivity contribution >= 4 is 0 Å². The minimum absolute atomic E-state index is 0.149. The van der Waals surface area contributed by atoms with Gasteiger partial charge >= 0.3 is 0 Å². The zero-order valence-electron chi connectivity index (χ0n) is 11.6. The number of piperidine rings is 1. The summed E-state index contributed by atoms with van der Waals surface area (Å²) in [5, 5.41) is 3.36. The molecule has 0 spiro atoms. The van der Waals surface area contributed by atoms with E-state index in [0.717, 1.165) is 32.5 Å². The monoisotopic (exact) mass is 268 g/mol. The van der Waals surface area contributed by atoms with Crippen LogP contribution in [0.2, 0.25) is 0 Å². The van der Waals surface area contributed by atoms with Gasteiger partial charge in [-0.1, -0.05) is 13.0 Å². The van der Waals surface area contributed by atoms with E-state index in [4.69, 9.17) is 0 Å². The van der Waals surface area contributed by atoms with E-state index in [1.54, 1.807) is 0 Å². The molecule has 1 heterocycles. The molecule has 106 valence electrons. The summed E-state index contributed by atoms with van der Waals surface area (Å²) in [4.78, 5) is 2.37. The Bertz CT molecular complexity index is 402. The molecule has 0 amide bonds. The molecule has 1 saturated heterocycles. The second-order valence-electron chi connectivity index (χ2n) is 5.26. The normalized spacial score (nSPS) is 22.4. The van der Waals surface area contributed by atoms with Gasteiger partial charge in [0.25, 0.3) is 0 Å². The van der Waals surface area contributed by atoms with Crippen molar-refractivity contribution in [3.63, 3.8) is 0 Å². The molecule has 1 N–H and O–H groups in total. The van der Waals surface area contributed by atoms with E-state index in [-0.39, 0.29) is 11.6 Å². The number of benzene rings is 1. The summed E-state index contributed by atoms with van der Waals surface area (Å²) in [5.41, 5.74) is 0.149. The Balaban J connectivity index is 2.02. The van der Waals surface area contributed by atoms with Crippen molar-refractivity contribution < 1.29 is 8.78 Å². The first-order valence-corrected chi connectivity index (χ1v) is 7.04. The van der Waals surface area contributed by atoms with E-state index in [1.807, 2.05) is 6.92 Å². The Morgan fingerprint density at radius 3 is 2.68 bits per heavy atom. The maximum atomic E-state index is 13.7. The lowest BCUT2D eigenvalue weighted by Crippen LogP contribution is -2.46. The second-order valence-corrected chi connectivity index (χ2v) is 5.26. The van der Waals surface area contributed by atoms with E-state index < -0.39 is 11.6 Å². The topological polar surface area (TPSA) is 15.3 Å². The van der Waals surface area contributed by atoms with Crippen LogP contribution >= 0.6 is 0 Å². The maximum Gasteiger partial charge on any atom is 0.130 e. The summed E-state index contributed by atoms with van der Waals surface area (Å²) in [6, 6.07) is 4.04. The molecule has 0 bridgehead atoms. The van der Waals surface area contributed by atoms with E-state index >= 15 is 0 Å². The number of likely N-dealkylation sites (tertiary alicyclic amines) is 1. The second kappa shape index (κ2) is 6.44. The highest BCUT2D eigenvalue weighted by atomic mass is 19.1. The van der Waals surface area contributed by atoms with Crippen LogP contribution in [0.5, 0.6) is 0 Å². The van der Waals surface area contributed by atoms with E-state index in [1.165, 1.54) is 18.2 Å². The molecule has 1 aromatic carbocycles. The number of rotatable bonds is 4. The van der Waals surface area contributed by atoms with E-state index in [2.05, 4.69) is 17.1 Å². The third kappa shape index (κ3) is 3.51. The molecule has 2 nitrogen and oxygen atoms in total. The van der Waals surface area contributed by atoms with Crippen LogP contribution in [0.3, 0.4) is 0 Å². The Kier molecular flexibility index (Phi) is 4.88. The Labute approximate surface area is 113 Å². The molecule has 0 aromatic heterocycles. The molecular formula is C15H22F2N2. The summed E-state index contributed by atoms with van der Waals surface area (Å²) < 4.78 is 27.4. The summed E-state index contributed by atoms with van der Waals surface area (Å²) in [6.45, 7) is 7.07. The average molecular weight is 268 g/mol. The fourth-order valence-electron chi connectivity index (χ4n) is 2.84. The van der Waals surface area contributed by atoms with Crippen LogP contribution in [-0.4, -0.2) is 30.6 Å². The van der Waals surface area contributed by atoms with Gasteiger partial charge in [0.15, 0.2) is 0 Å². The lowest BCUT2D eigenvalue weighted by Gasteiger charge is -2.34. The third-order valence-corrected chi connectivity index (χ3v) is 3.87. The summed E-state index contributed by atoms with van der Waals surface area (Å²) in [5.74, 6) is -0.939. The molecule has 0 saturated carbocycles. The summed E-state index contributed by atoms with van der Waals surface area (Å²) in [7, 11) is 0. The number of halogens is 2. The number of likely N-dealkylation sites (N-methyl/N-ethyl adjacent to an activating group) is 1. The van der Waals surface area contributed by atoms with Crippen LogP contribution in [0.1, 0.15) is 38.3 Å². The molecule has 2 rings (SSSR count). The molecule has 0 aliphatic carbocycles. The molecule has 1 aliphatic heterocycles. The SMILES string of the molecule is CCN1CCCC(NC(C)c2c(F)cccc2F)C1. The van der Waals surface area contributed by atoms with Gasteiger partial charge in [0.1, 0.15) is 11.6 Å². The molecule has 2 atom stereocenters. The van der Waals surface area contributed by atoms with Gasteiger partial charge in [-0.15, -0.1) is 0 Å². The smallest absolute Gasteiger partial charge is 0.130 e. The van der Waals surface area contributed by atoms with Crippen LogP contribution in [0.4, 0.5) is 8.78 Å². The lowest BCUT2D eigenvalue weighted by molar-refractivity contribution is 0.191. The zero-order chi connectivity index (χ0) is 13.8. The fraction of sp³-hybridized carbons (Fsp3) is 0.600. The molecule has 2 unspecified atom stereocenters. The Morgan fingerprint density at radius 1 is 1.37 bits per heavy atom. The van der Waals surface area contributed by atoms with Gasteiger partial charge in [-0.3, -0.25) is 0 Å². The molecule has 1 fully saturated rings. The highest BCUT2D eigenvalue weighted by Gasteiger charge is 2.23. The van der Waals surface area contributed by atoms with Crippen LogP contribution in [0.25, 0.3) is 0 Å². The zero-order valence-corrected chi connectivity index (χ0v) is 11.6. The fourth-order valence-corrected chi connectivity index (χ4v) is 2.84. The summed E-state index contributed by atoms with van der Waals surface area (Å²) in [6.07, 6.45) is 2.20. The first-order valence-electron chi connectivity index (χ1n) is 7.04. The van der Waals surface area contributed by atoms with Crippen molar-refractivity contribution in [1.29, 1.82) is 0 Å². The van der Waals surface area contributed by atoms with Gasteiger partial charge in [0, 0.05) is 24.2 Å². The minimum Gasteiger partial charge on any atom is -0.306 e. The largest absolute Gasteiger partial charge is 0.306 e. The van der Waals surface area contributed by atoms with Crippen molar-refractivity contribution in [3.8, 4) is 0 Å². The van der Waals surface area contributed by atoms with Crippen LogP contribution in [0, 0.1) is 11.6 Å². The van der Waals surface area contributed by atoms with Gasteiger partial charge in [-0.2, -0.15) is 0 Å². The van der Waals surface area contributed by atoms with Crippen LogP contribution in [0.15, 0.2) is 18.2 Å². The van der Waals surface area contributed by atoms with Crippen molar-refractivity contribution in [2.75, 3.05) is 19.6 Å². The Morgan fingerprint density at radius 2 is 2.05 bits per heavy atom. The van der Waals surface area contributed by atoms with Gasteiger partial charge in [-0.05, 0) is 45.0 Å². The van der Waals surface area contributed by atoms with Gasteiger partial charge in [-0.25, -0.2) is 8.78 Å². The van der Waals surface area contributed by atoms with Gasteiger partial charge < -0.3 is 10.2 Å². The average Bonchev–Trinajstić information content (AvgIpc) is 2.38. The predicted molar refractivity (Wildman–Crippen MR) is 73.0 cm³/mol. The van der Waals surface area contributed by atoms with E-state index in [9.17, 15) is 8.78 Å². The predicted octanol–water partition coefficient (Wildman–Crippen LogP) is 3.10. The molecule has 4 heteroatoms. The number of nitrogens with one attached hydrogen (secondary N) is 1. The number of hydrogen-bond acceptors (Lipinski definition) is 2. The molecule has 1 aromatic rings. The van der Waals surface area contributed by atoms with E-state index in [0.29, 0.717) is 6.04 Å². The van der Waals surface area contributed by atoms with Crippen molar-refractivity contribution in [2.24, 2.45) is 0 Å². The quantitative estimate of drug-likeness (QED) is 0.902. The van der Waals surface area contributed by atoms with Crippen LogP contribution < -0.4 is 5.32 Å². The molecule has 19 heavy (non-hydrogen) atoms. The molecule has 0 radical (unpaired) electrons. The van der Waals surface area contributed by atoms with Crippen molar-refractivity contribution in [1.82, 2.24) is 10.2 Å². The Hall–Kier alpha value is -1.00. The first-order chi connectivity index (χ1) is 9.11. The standard InChI is InChI=1S/C15H22F2N2/c1-3-19-9-5-6-12(10-19)18-11(2)15-13(16)7-4-8-14(15)17/h4,7-8,11-12,18H,3,5-6,9-10H2,1-2H3. The van der Waals surface area contributed by atoms with Gasteiger partial charge in [0.05, 0.1) is 0 Å². The first kappa shape index (κ1) is 14.4. The van der Waals surface area contributed by atoms with Gasteiger partial charge in [0.2, 0.25) is 0 Å². The molecule has 1 aliphatic rings. The third-order valence-electron chi connectivity index (χ3n) is 3.87. The van der Waals surface area contributed by atoms with Crippen molar-refractivity contribution in [2.45, 2.75) is 38.8 Å². The summed E-state index contributed by atoms with van der Waals surface area (Å²) >= 11 is 0. The highest BCUT2D eigenvalue weighted by molar-refractivity contribution is 5.23. The highest BCUT2D eigenvalue weighted by Crippen LogP contribution is 2.22. The van der Waals surface area contributed by atoms with Crippen molar-refractivity contribution in [3.05, 3.63) is 35.4 Å². The lowest BCUT2D eigenvalue weighted by atomic mass is 10.0. The molecular weight excluding hydrogens is 246 g/mol. The number of hydrogen-bond donors (Lipinski definition) is 1. The maximum absolute atomic E-state index is 13.7.